The summed E-state index contributed by atoms with van der Waals surface area (Å²) in [6, 6.07) is 11.0. The van der Waals surface area contributed by atoms with Crippen molar-refractivity contribution in [1.82, 2.24) is 5.32 Å². The first kappa shape index (κ1) is 12.9. The maximum atomic E-state index is 5.90. The molecule has 1 fully saturated rings. The van der Waals surface area contributed by atoms with Gasteiger partial charge in [0.2, 0.25) is 0 Å². The molecule has 3 nitrogen and oxygen atoms in total. The molecule has 0 aromatic heterocycles. The lowest BCUT2D eigenvalue weighted by molar-refractivity contribution is 0.508. The third kappa shape index (κ3) is 4.06. The minimum Gasteiger partial charge on any atom is -0.370 e. The Kier molecular flexibility index (Phi) is 3.60. The van der Waals surface area contributed by atoms with E-state index < -0.39 is 0 Å². The molecule has 1 aromatic carbocycles. The average molecular weight is 245 g/mol. The molecule has 3 heteroatoms. The summed E-state index contributed by atoms with van der Waals surface area (Å²) >= 11 is 0. The zero-order valence-corrected chi connectivity index (χ0v) is 11.5. The molecule has 0 heterocycles. The highest BCUT2D eigenvalue weighted by Crippen LogP contribution is 2.36. The average Bonchev–Trinajstić information content (AvgIpc) is 2.94. The first-order chi connectivity index (χ1) is 8.44. The summed E-state index contributed by atoms with van der Waals surface area (Å²) in [7, 11) is 0. The predicted octanol–water partition coefficient (Wildman–Crippen LogP) is 2.32. The third-order valence-electron chi connectivity index (χ3n) is 3.03. The van der Waals surface area contributed by atoms with E-state index in [1.54, 1.807) is 0 Å². The summed E-state index contributed by atoms with van der Waals surface area (Å²) < 4.78 is 0. The van der Waals surface area contributed by atoms with Crippen LogP contribution >= 0.6 is 0 Å². The van der Waals surface area contributed by atoms with Crippen molar-refractivity contribution in [3.8, 4) is 0 Å². The summed E-state index contributed by atoms with van der Waals surface area (Å²) in [6.45, 7) is 6.26. The van der Waals surface area contributed by atoms with E-state index in [9.17, 15) is 0 Å². The molecule has 0 saturated heterocycles. The van der Waals surface area contributed by atoms with Crippen LogP contribution in [0.1, 0.15) is 32.8 Å². The third-order valence-corrected chi connectivity index (χ3v) is 3.03. The lowest BCUT2D eigenvalue weighted by Crippen LogP contribution is -2.45. The number of guanidine groups is 1. The summed E-state index contributed by atoms with van der Waals surface area (Å²) in [6.07, 6.45) is 2.26. The molecule has 0 amide bonds. The van der Waals surface area contributed by atoms with E-state index in [1.807, 2.05) is 0 Å². The van der Waals surface area contributed by atoms with Gasteiger partial charge in [0.1, 0.15) is 0 Å². The van der Waals surface area contributed by atoms with Gasteiger partial charge in [-0.3, -0.25) is 0 Å². The smallest absolute Gasteiger partial charge is 0.189 e. The van der Waals surface area contributed by atoms with E-state index in [0.717, 1.165) is 12.8 Å². The molecule has 2 atom stereocenters. The molecule has 1 aliphatic carbocycles. The number of hydrogen-bond acceptors (Lipinski definition) is 1. The van der Waals surface area contributed by atoms with Gasteiger partial charge >= 0.3 is 0 Å². The summed E-state index contributed by atoms with van der Waals surface area (Å²) in [5.41, 5.74) is 7.27. The molecular formula is C15H23N3. The molecule has 18 heavy (non-hydrogen) atoms. The van der Waals surface area contributed by atoms with Crippen molar-refractivity contribution in [1.29, 1.82) is 0 Å². The lowest BCUT2D eigenvalue weighted by atomic mass is 10.1. The molecule has 2 rings (SSSR count). The molecular weight excluding hydrogens is 222 g/mol. The van der Waals surface area contributed by atoms with Crippen molar-refractivity contribution in [2.24, 2.45) is 16.6 Å². The Hall–Kier alpha value is -1.51. The molecule has 2 unspecified atom stereocenters. The molecule has 0 bridgehead atoms. The molecule has 0 spiro atoms. The van der Waals surface area contributed by atoms with Gasteiger partial charge in [-0.05, 0) is 45.1 Å². The van der Waals surface area contributed by atoms with E-state index >= 15 is 0 Å². The second-order valence-corrected chi connectivity index (χ2v) is 6.14. The molecule has 0 aliphatic heterocycles. The van der Waals surface area contributed by atoms with Crippen molar-refractivity contribution in [3.05, 3.63) is 35.9 Å². The highest BCUT2D eigenvalue weighted by molar-refractivity contribution is 5.78. The Morgan fingerprint density at radius 3 is 2.61 bits per heavy atom. The summed E-state index contributed by atoms with van der Waals surface area (Å²) in [4.78, 5) is 4.53. The fourth-order valence-electron chi connectivity index (χ4n) is 2.12. The van der Waals surface area contributed by atoms with Gasteiger partial charge in [0, 0.05) is 5.54 Å². The fraction of sp³-hybridized carbons (Fsp3) is 0.533. The summed E-state index contributed by atoms with van der Waals surface area (Å²) in [5, 5.41) is 3.20. The molecule has 3 N–H and O–H groups in total. The van der Waals surface area contributed by atoms with Crippen LogP contribution in [-0.2, 0) is 6.42 Å². The largest absolute Gasteiger partial charge is 0.370 e. The number of nitrogens with one attached hydrogen (secondary N) is 1. The first-order valence-corrected chi connectivity index (χ1v) is 6.59. The monoisotopic (exact) mass is 245 g/mol. The summed E-state index contributed by atoms with van der Waals surface area (Å²) in [5.74, 6) is 1.23. The number of nitrogens with zero attached hydrogens (tertiary/aromatic N) is 1. The van der Waals surface area contributed by atoms with E-state index in [0.29, 0.717) is 17.9 Å². The van der Waals surface area contributed by atoms with Crippen LogP contribution in [0.15, 0.2) is 35.3 Å². The van der Waals surface area contributed by atoms with E-state index in [4.69, 9.17) is 5.73 Å². The zero-order valence-electron chi connectivity index (χ0n) is 11.5. The predicted molar refractivity (Wildman–Crippen MR) is 76.6 cm³/mol. The fourth-order valence-corrected chi connectivity index (χ4v) is 2.12. The van der Waals surface area contributed by atoms with Crippen LogP contribution in [-0.4, -0.2) is 17.5 Å². The SMILES string of the molecule is CC(C)(C)NC(N)=NC1CC1Cc1ccccc1. The highest BCUT2D eigenvalue weighted by atomic mass is 15.1. The standard InChI is InChI=1S/C15H23N3/c1-15(2,3)18-14(16)17-13-10-12(13)9-11-7-5-4-6-8-11/h4-8,12-13H,9-10H2,1-3H3,(H3,16,17,18). The Bertz CT molecular complexity index is 417. The number of rotatable bonds is 3. The van der Waals surface area contributed by atoms with Crippen molar-refractivity contribution in [2.75, 3.05) is 0 Å². The molecule has 0 radical (unpaired) electrons. The second-order valence-electron chi connectivity index (χ2n) is 6.14. The zero-order chi connectivity index (χ0) is 13.2. The van der Waals surface area contributed by atoms with Gasteiger partial charge in [0.15, 0.2) is 5.96 Å². The van der Waals surface area contributed by atoms with Gasteiger partial charge in [-0.15, -0.1) is 0 Å². The van der Waals surface area contributed by atoms with Crippen molar-refractivity contribution in [3.63, 3.8) is 0 Å². The van der Waals surface area contributed by atoms with Gasteiger partial charge in [-0.2, -0.15) is 0 Å². The van der Waals surface area contributed by atoms with Gasteiger partial charge < -0.3 is 11.1 Å². The van der Waals surface area contributed by atoms with Gasteiger partial charge in [0.25, 0.3) is 0 Å². The number of benzene rings is 1. The quantitative estimate of drug-likeness (QED) is 0.634. The number of nitrogens with two attached hydrogens (primary N) is 1. The van der Waals surface area contributed by atoms with E-state index in [2.05, 4.69) is 61.4 Å². The van der Waals surface area contributed by atoms with Crippen LogP contribution in [0.5, 0.6) is 0 Å². The van der Waals surface area contributed by atoms with Crippen molar-refractivity contribution < 1.29 is 0 Å². The number of aliphatic imine (C=N–C) groups is 1. The normalized spacial score (nSPS) is 23.8. The Balaban J connectivity index is 1.83. The number of hydrogen-bond donors (Lipinski definition) is 2. The molecule has 1 aromatic rings. The minimum atomic E-state index is -0.0165. The second kappa shape index (κ2) is 5.01. The van der Waals surface area contributed by atoms with E-state index in [-0.39, 0.29) is 5.54 Å². The van der Waals surface area contributed by atoms with Crippen LogP contribution in [0.25, 0.3) is 0 Å². The van der Waals surface area contributed by atoms with Gasteiger partial charge in [-0.1, -0.05) is 30.3 Å². The maximum absolute atomic E-state index is 5.90. The van der Waals surface area contributed by atoms with Crippen molar-refractivity contribution >= 4 is 5.96 Å². The van der Waals surface area contributed by atoms with Gasteiger partial charge in [-0.25, -0.2) is 4.99 Å². The van der Waals surface area contributed by atoms with Crippen LogP contribution in [0.4, 0.5) is 0 Å². The molecule has 1 saturated carbocycles. The van der Waals surface area contributed by atoms with Crippen LogP contribution in [0.3, 0.4) is 0 Å². The van der Waals surface area contributed by atoms with Gasteiger partial charge in [0.05, 0.1) is 6.04 Å². The topological polar surface area (TPSA) is 50.4 Å². The van der Waals surface area contributed by atoms with Crippen LogP contribution < -0.4 is 11.1 Å². The lowest BCUT2D eigenvalue weighted by Gasteiger charge is -2.21. The van der Waals surface area contributed by atoms with Crippen molar-refractivity contribution in [2.45, 2.75) is 45.2 Å². The van der Waals surface area contributed by atoms with Crippen LogP contribution in [0.2, 0.25) is 0 Å². The Morgan fingerprint density at radius 2 is 2.00 bits per heavy atom. The minimum absolute atomic E-state index is 0.0165. The van der Waals surface area contributed by atoms with E-state index in [1.165, 1.54) is 5.56 Å². The Morgan fingerprint density at radius 1 is 1.33 bits per heavy atom. The molecule has 1 aliphatic rings. The first-order valence-electron chi connectivity index (χ1n) is 6.59. The van der Waals surface area contributed by atoms with Crippen LogP contribution in [0, 0.1) is 5.92 Å². The Labute approximate surface area is 109 Å². The molecule has 98 valence electrons. The highest BCUT2D eigenvalue weighted by Gasteiger charge is 2.37. The maximum Gasteiger partial charge on any atom is 0.189 e.